The van der Waals surface area contributed by atoms with Gasteiger partial charge in [0.05, 0.1) is 16.3 Å². The quantitative estimate of drug-likeness (QED) is 0.611. The zero-order valence-corrected chi connectivity index (χ0v) is 18.3. The van der Waals surface area contributed by atoms with Gasteiger partial charge in [0, 0.05) is 33.6 Å². The van der Waals surface area contributed by atoms with E-state index in [1.165, 1.54) is 10.4 Å². The highest BCUT2D eigenvalue weighted by Gasteiger charge is 2.27. The number of rotatable bonds is 9. The molecule has 8 nitrogen and oxygen atoms in total. The monoisotopic (exact) mass is 425 g/mol. The summed E-state index contributed by atoms with van der Waals surface area (Å²) in [5.74, 6) is -0.929. The Kier molecular flexibility index (Phi) is 8.45. The van der Waals surface area contributed by atoms with E-state index in [9.17, 15) is 18.0 Å². The summed E-state index contributed by atoms with van der Waals surface area (Å²) in [6, 6.07) is 4.69. The van der Waals surface area contributed by atoms with E-state index in [2.05, 4.69) is 5.32 Å². The topological polar surface area (TPSA) is 96.0 Å². The Morgan fingerprint density at radius 2 is 1.86 bits per heavy atom. The molecule has 0 radical (unpaired) electrons. The van der Waals surface area contributed by atoms with E-state index in [0.717, 1.165) is 25.7 Å². The summed E-state index contributed by atoms with van der Waals surface area (Å²) in [5.41, 5.74) is 1.02. The van der Waals surface area contributed by atoms with Gasteiger partial charge in [-0.05, 0) is 37.5 Å². The third-order valence-electron chi connectivity index (χ3n) is 4.78. The van der Waals surface area contributed by atoms with Gasteiger partial charge in [-0.2, -0.15) is 4.31 Å². The normalized spacial score (nSPS) is 15.0. The minimum absolute atomic E-state index is 0.139. The molecule has 9 heteroatoms. The molecule has 2 rings (SSSR count). The number of nitrogens with one attached hydrogen (secondary N) is 1. The van der Waals surface area contributed by atoms with E-state index >= 15 is 0 Å². The molecule has 0 aromatic heterocycles. The number of amides is 1. The van der Waals surface area contributed by atoms with E-state index in [0.29, 0.717) is 30.9 Å². The van der Waals surface area contributed by atoms with Gasteiger partial charge in [0.15, 0.2) is 6.61 Å². The number of anilines is 2. The first-order valence-corrected chi connectivity index (χ1v) is 11.5. The van der Waals surface area contributed by atoms with Crippen LogP contribution in [0.2, 0.25) is 0 Å². The first kappa shape index (κ1) is 23.2. The second-order valence-electron chi connectivity index (χ2n) is 7.35. The van der Waals surface area contributed by atoms with Gasteiger partial charge in [0.2, 0.25) is 10.0 Å². The molecule has 0 atom stereocenters. The number of hydrogen-bond donors (Lipinski definition) is 1. The summed E-state index contributed by atoms with van der Waals surface area (Å²) in [7, 11) is -0.0203. The Hall–Kier alpha value is -2.13. The molecule has 1 fully saturated rings. The van der Waals surface area contributed by atoms with Crippen LogP contribution in [-0.2, 0) is 24.3 Å². The lowest BCUT2D eigenvalue weighted by Crippen LogP contribution is -2.35. The molecular weight excluding hydrogens is 394 g/mol. The van der Waals surface area contributed by atoms with E-state index < -0.39 is 28.5 Å². The van der Waals surface area contributed by atoms with Gasteiger partial charge in [-0.25, -0.2) is 8.42 Å². The van der Waals surface area contributed by atoms with Crippen LogP contribution in [0.1, 0.15) is 45.4 Å². The number of carbonyl (C=O) groups is 2. The van der Waals surface area contributed by atoms with Crippen LogP contribution in [0.3, 0.4) is 0 Å². The Bertz CT molecular complexity index is 817. The molecule has 0 saturated carbocycles. The van der Waals surface area contributed by atoms with Crippen LogP contribution in [0.5, 0.6) is 0 Å². The minimum atomic E-state index is -3.62. The smallest absolute Gasteiger partial charge is 0.306 e. The second-order valence-corrected chi connectivity index (χ2v) is 9.29. The molecule has 1 saturated heterocycles. The van der Waals surface area contributed by atoms with Gasteiger partial charge < -0.3 is 15.0 Å². The van der Waals surface area contributed by atoms with Crippen LogP contribution in [0, 0.1) is 0 Å². The van der Waals surface area contributed by atoms with Gasteiger partial charge in [-0.1, -0.05) is 19.8 Å². The van der Waals surface area contributed by atoms with E-state index in [-0.39, 0.29) is 11.3 Å². The zero-order valence-electron chi connectivity index (χ0n) is 17.4. The van der Waals surface area contributed by atoms with Crippen molar-refractivity contribution in [3.63, 3.8) is 0 Å². The fourth-order valence-electron chi connectivity index (χ4n) is 3.15. The highest BCUT2D eigenvalue weighted by Crippen LogP contribution is 2.30. The van der Waals surface area contributed by atoms with E-state index in [4.69, 9.17) is 4.74 Å². The lowest BCUT2D eigenvalue weighted by molar-refractivity contribution is -0.147. The summed E-state index contributed by atoms with van der Waals surface area (Å²) in [5, 5.41) is 2.68. The SMILES string of the molecule is CCCCC(=O)OCC(=O)Nc1cc(S(=O)(=O)N2CCCCC2)ccc1N(C)C. The Balaban J connectivity index is 2.16. The highest BCUT2D eigenvalue weighted by atomic mass is 32.2. The molecule has 1 aliphatic rings. The highest BCUT2D eigenvalue weighted by molar-refractivity contribution is 7.89. The Labute approximate surface area is 173 Å². The molecule has 1 amide bonds. The molecule has 1 aromatic rings. The number of carbonyl (C=O) groups excluding carboxylic acids is 2. The number of esters is 1. The molecule has 1 aliphatic heterocycles. The summed E-state index contributed by atoms with van der Waals surface area (Å²) in [6.07, 6.45) is 4.58. The largest absolute Gasteiger partial charge is 0.456 e. The molecule has 1 heterocycles. The minimum Gasteiger partial charge on any atom is -0.456 e. The van der Waals surface area contributed by atoms with Crippen LogP contribution in [0.25, 0.3) is 0 Å². The predicted octanol–water partition coefficient (Wildman–Crippen LogP) is 2.60. The number of ether oxygens (including phenoxy) is 1. The maximum Gasteiger partial charge on any atom is 0.306 e. The van der Waals surface area contributed by atoms with Gasteiger partial charge in [0.25, 0.3) is 5.91 Å². The summed E-state index contributed by atoms with van der Waals surface area (Å²) < 4.78 is 32.4. The number of nitrogens with zero attached hydrogens (tertiary/aromatic N) is 2. The molecule has 0 unspecified atom stereocenters. The Morgan fingerprint density at radius 3 is 2.48 bits per heavy atom. The molecule has 1 aromatic carbocycles. The van der Waals surface area contributed by atoms with Crippen molar-refractivity contribution in [3.05, 3.63) is 18.2 Å². The lowest BCUT2D eigenvalue weighted by Gasteiger charge is -2.26. The third-order valence-corrected chi connectivity index (χ3v) is 6.67. The Morgan fingerprint density at radius 1 is 1.17 bits per heavy atom. The first-order valence-electron chi connectivity index (χ1n) is 10.0. The first-order chi connectivity index (χ1) is 13.8. The van der Waals surface area contributed by atoms with Gasteiger partial charge in [0.1, 0.15) is 0 Å². The number of piperidine rings is 1. The average Bonchev–Trinajstić information content (AvgIpc) is 2.71. The van der Waals surface area contributed by atoms with Crippen molar-refractivity contribution >= 4 is 33.3 Å². The predicted molar refractivity (Wildman–Crippen MR) is 112 cm³/mol. The van der Waals surface area contributed by atoms with Crippen molar-refractivity contribution in [1.82, 2.24) is 4.31 Å². The summed E-state index contributed by atoms with van der Waals surface area (Å²) >= 11 is 0. The maximum absolute atomic E-state index is 13.0. The summed E-state index contributed by atoms with van der Waals surface area (Å²) in [6.45, 7) is 2.58. The molecule has 0 aliphatic carbocycles. The standard InChI is InChI=1S/C20H31N3O5S/c1-4-5-9-20(25)28-15-19(24)21-17-14-16(10-11-18(17)22(2)3)29(26,27)23-12-7-6-8-13-23/h10-11,14H,4-9,12-13,15H2,1-3H3,(H,21,24). The van der Waals surface area contributed by atoms with Crippen molar-refractivity contribution < 1.29 is 22.7 Å². The lowest BCUT2D eigenvalue weighted by atomic mass is 10.2. The van der Waals surface area contributed by atoms with Gasteiger partial charge in [-0.3, -0.25) is 9.59 Å². The number of hydrogen-bond acceptors (Lipinski definition) is 6. The van der Waals surface area contributed by atoms with Crippen molar-refractivity contribution in [3.8, 4) is 0 Å². The molecule has 0 bridgehead atoms. The second kappa shape index (κ2) is 10.6. The maximum atomic E-state index is 13.0. The number of unbranched alkanes of at least 4 members (excludes halogenated alkanes) is 1. The fraction of sp³-hybridized carbons (Fsp3) is 0.600. The van der Waals surface area contributed by atoms with Gasteiger partial charge >= 0.3 is 5.97 Å². The van der Waals surface area contributed by atoms with Crippen molar-refractivity contribution in [2.75, 3.05) is 44.0 Å². The van der Waals surface area contributed by atoms with Crippen LogP contribution >= 0.6 is 0 Å². The summed E-state index contributed by atoms with van der Waals surface area (Å²) in [4.78, 5) is 25.8. The van der Waals surface area contributed by atoms with Crippen LogP contribution in [0.15, 0.2) is 23.1 Å². The van der Waals surface area contributed by atoms with Crippen LogP contribution in [-0.4, -0.2) is 58.4 Å². The van der Waals surface area contributed by atoms with E-state index in [1.807, 2.05) is 6.92 Å². The fourth-order valence-corrected chi connectivity index (χ4v) is 4.69. The van der Waals surface area contributed by atoms with Crippen molar-refractivity contribution in [2.24, 2.45) is 0 Å². The van der Waals surface area contributed by atoms with Crippen LogP contribution < -0.4 is 10.2 Å². The third kappa shape index (κ3) is 6.43. The van der Waals surface area contributed by atoms with E-state index in [1.54, 1.807) is 31.1 Å². The molecule has 1 N–H and O–H groups in total. The molecule has 29 heavy (non-hydrogen) atoms. The molecule has 162 valence electrons. The zero-order chi connectivity index (χ0) is 21.4. The molecular formula is C20H31N3O5S. The van der Waals surface area contributed by atoms with Gasteiger partial charge in [-0.15, -0.1) is 0 Å². The van der Waals surface area contributed by atoms with Crippen LogP contribution in [0.4, 0.5) is 11.4 Å². The van der Waals surface area contributed by atoms with Crippen molar-refractivity contribution in [1.29, 1.82) is 0 Å². The number of benzene rings is 1. The van der Waals surface area contributed by atoms with Crippen molar-refractivity contribution in [2.45, 2.75) is 50.3 Å². The average molecular weight is 426 g/mol. The number of sulfonamides is 1. The molecule has 0 spiro atoms.